The molecule has 2 aromatic carbocycles. The van der Waals surface area contributed by atoms with Crippen molar-refractivity contribution in [3.63, 3.8) is 0 Å². The van der Waals surface area contributed by atoms with Crippen LogP contribution in [0.3, 0.4) is 0 Å². The highest BCUT2D eigenvalue weighted by Gasteiger charge is 2.13. The highest BCUT2D eigenvalue weighted by molar-refractivity contribution is 7.78. The Balaban J connectivity index is 1.75. The lowest BCUT2D eigenvalue weighted by Gasteiger charge is -2.07. The van der Waals surface area contributed by atoms with E-state index in [9.17, 15) is 13.6 Å². The first kappa shape index (κ1) is 22.3. The van der Waals surface area contributed by atoms with Crippen LogP contribution in [0.25, 0.3) is 0 Å². The average molecular weight is 443 g/mol. The lowest BCUT2D eigenvalue weighted by molar-refractivity contribution is -0.114. The van der Waals surface area contributed by atoms with E-state index in [0.717, 1.165) is 40.1 Å². The van der Waals surface area contributed by atoms with Gasteiger partial charge in [-0.2, -0.15) is 0 Å². The number of nitrogens with two attached hydrogens (primary N) is 1. The molecule has 3 rings (SSSR count). The number of nitrogens with zero attached hydrogens (tertiary/aromatic N) is 1. The van der Waals surface area contributed by atoms with Gasteiger partial charge < -0.3 is 15.6 Å². The molecule has 3 aromatic rings. The second-order valence-corrected chi connectivity index (χ2v) is 9.01. The molecule has 1 atom stereocenters. The van der Waals surface area contributed by atoms with Gasteiger partial charge >= 0.3 is 0 Å². The molecule has 0 aliphatic rings. The Kier molecular flexibility index (Phi) is 7.87. The van der Waals surface area contributed by atoms with Crippen LogP contribution in [0.5, 0.6) is 0 Å². The van der Waals surface area contributed by atoms with Crippen LogP contribution in [-0.2, 0) is 47.4 Å². The predicted molar refractivity (Wildman–Crippen MR) is 120 cm³/mol. The van der Waals surface area contributed by atoms with Crippen molar-refractivity contribution in [1.29, 1.82) is 0 Å². The van der Waals surface area contributed by atoms with Crippen molar-refractivity contribution in [2.24, 2.45) is 5.73 Å². The summed E-state index contributed by atoms with van der Waals surface area (Å²) in [5.74, 6) is -0.129. The van der Waals surface area contributed by atoms with Crippen molar-refractivity contribution in [1.82, 2.24) is 4.98 Å². The highest BCUT2D eigenvalue weighted by Crippen LogP contribution is 2.27. The maximum atomic E-state index is 11.5. The van der Waals surface area contributed by atoms with Crippen LogP contribution in [0, 0.1) is 0 Å². The number of aryl methyl sites for hydroxylation is 2. The number of aromatic nitrogens is 1. The SMILES string of the molecule is CC(=O)Nc1nc(CCc2ccc(CN)cc2)c(Cc2ccc(CS(=O)[O-])cc2)s1. The average Bonchev–Trinajstić information content (AvgIpc) is 3.08. The Morgan fingerprint density at radius 3 is 2.23 bits per heavy atom. The molecule has 6 nitrogen and oxygen atoms in total. The van der Waals surface area contributed by atoms with Crippen molar-refractivity contribution in [3.05, 3.63) is 81.4 Å². The van der Waals surface area contributed by atoms with E-state index in [2.05, 4.69) is 22.4 Å². The van der Waals surface area contributed by atoms with Gasteiger partial charge in [0.2, 0.25) is 5.91 Å². The maximum absolute atomic E-state index is 11.5. The number of carbonyl (C=O) groups excluding carboxylic acids is 1. The van der Waals surface area contributed by atoms with Gasteiger partial charge in [-0.25, -0.2) is 4.98 Å². The molecule has 1 amide bonds. The number of nitrogens with one attached hydrogen (secondary N) is 1. The molecular weight excluding hydrogens is 418 g/mol. The molecule has 0 aliphatic heterocycles. The van der Waals surface area contributed by atoms with Crippen molar-refractivity contribution < 1.29 is 13.6 Å². The van der Waals surface area contributed by atoms with Crippen molar-refractivity contribution >= 4 is 33.5 Å². The Bertz CT molecular complexity index is 1020. The molecule has 158 valence electrons. The smallest absolute Gasteiger partial charge is 0.223 e. The molecule has 0 aliphatic carbocycles. The van der Waals surface area contributed by atoms with Crippen molar-refractivity contribution in [2.45, 2.75) is 38.5 Å². The molecule has 1 aromatic heterocycles. The summed E-state index contributed by atoms with van der Waals surface area (Å²) in [6, 6.07) is 15.8. The minimum atomic E-state index is -2.10. The molecular formula is C22H24N3O3S2-. The normalized spacial score (nSPS) is 12.0. The summed E-state index contributed by atoms with van der Waals surface area (Å²) in [5.41, 5.74) is 10.8. The molecule has 8 heteroatoms. The van der Waals surface area contributed by atoms with Gasteiger partial charge in [-0.15, -0.1) is 11.3 Å². The minimum absolute atomic E-state index is 0.0156. The quantitative estimate of drug-likeness (QED) is 0.494. The van der Waals surface area contributed by atoms with E-state index in [1.165, 1.54) is 23.8 Å². The van der Waals surface area contributed by atoms with Crippen LogP contribution in [0.4, 0.5) is 5.13 Å². The summed E-state index contributed by atoms with van der Waals surface area (Å²) in [6.45, 7) is 2.00. The number of carbonyl (C=O) groups is 1. The van der Waals surface area contributed by atoms with Crippen molar-refractivity contribution in [3.8, 4) is 0 Å². The fourth-order valence-corrected chi connectivity index (χ4v) is 4.65. The van der Waals surface area contributed by atoms with Gasteiger partial charge in [0, 0.05) is 30.5 Å². The van der Waals surface area contributed by atoms with Crippen LogP contribution in [0.15, 0.2) is 48.5 Å². The van der Waals surface area contributed by atoms with E-state index < -0.39 is 11.1 Å². The molecule has 0 spiro atoms. The van der Waals surface area contributed by atoms with Crippen LogP contribution < -0.4 is 11.1 Å². The summed E-state index contributed by atoms with van der Waals surface area (Å²) >= 11 is -0.615. The van der Waals surface area contributed by atoms with Crippen LogP contribution in [-0.4, -0.2) is 19.7 Å². The molecule has 0 saturated heterocycles. The maximum Gasteiger partial charge on any atom is 0.223 e. The summed E-state index contributed by atoms with van der Waals surface area (Å²) in [6.07, 6.45) is 2.29. The molecule has 1 heterocycles. The predicted octanol–water partition coefficient (Wildman–Crippen LogP) is 3.32. The topological polar surface area (TPSA) is 108 Å². The van der Waals surface area contributed by atoms with E-state index in [0.29, 0.717) is 18.1 Å². The zero-order chi connectivity index (χ0) is 21.5. The largest absolute Gasteiger partial charge is 0.772 e. The third-order valence-corrected chi connectivity index (χ3v) is 6.22. The first-order chi connectivity index (χ1) is 14.4. The lowest BCUT2D eigenvalue weighted by Crippen LogP contribution is -2.05. The van der Waals surface area contributed by atoms with E-state index in [4.69, 9.17) is 5.73 Å². The first-order valence-corrected chi connectivity index (χ1v) is 11.7. The summed E-state index contributed by atoms with van der Waals surface area (Å²) < 4.78 is 21.7. The van der Waals surface area contributed by atoms with Gasteiger partial charge in [-0.3, -0.25) is 9.00 Å². The fourth-order valence-electron chi connectivity index (χ4n) is 3.10. The zero-order valence-corrected chi connectivity index (χ0v) is 18.4. The van der Waals surface area contributed by atoms with Gasteiger partial charge in [0.1, 0.15) is 0 Å². The van der Waals surface area contributed by atoms with Gasteiger partial charge in [0.05, 0.1) is 5.69 Å². The van der Waals surface area contributed by atoms with E-state index in [1.54, 1.807) is 0 Å². The monoisotopic (exact) mass is 442 g/mol. The zero-order valence-electron chi connectivity index (χ0n) is 16.7. The number of anilines is 1. The molecule has 0 bridgehead atoms. The van der Waals surface area contributed by atoms with E-state index in [-0.39, 0.29) is 11.7 Å². The summed E-state index contributed by atoms with van der Waals surface area (Å²) in [7, 11) is 0. The third-order valence-electron chi connectivity index (χ3n) is 4.64. The second-order valence-electron chi connectivity index (χ2n) is 7.03. The van der Waals surface area contributed by atoms with Crippen LogP contribution in [0.2, 0.25) is 0 Å². The highest BCUT2D eigenvalue weighted by atomic mass is 32.2. The lowest BCUT2D eigenvalue weighted by atomic mass is 10.0. The number of benzene rings is 2. The third kappa shape index (κ3) is 6.56. The Labute approximate surface area is 182 Å². The number of hydrogen-bond donors (Lipinski definition) is 2. The summed E-state index contributed by atoms with van der Waals surface area (Å²) in [5, 5.41) is 3.38. The van der Waals surface area contributed by atoms with Crippen LogP contribution in [0.1, 0.15) is 39.7 Å². The van der Waals surface area contributed by atoms with Gasteiger partial charge in [0.25, 0.3) is 0 Å². The number of amides is 1. The second kappa shape index (κ2) is 10.6. The van der Waals surface area contributed by atoms with Crippen molar-refractivity contribution in [2.75, 3.05) is 5.32 Å². The molecule has 0 fully saturated rings. The van der Waals surface area contributed by atoms with E-state index in [1.807, 2.05) is 36.4 Å². The summed E-state index contributed by atoms with van der Waals surface area (Å²) in [4.78, 5) is 17.2. The minimum Gasteiger partial charge on any atom is -0.772 e. The van der Waals surface area contributed by atoms with Gasteiger partial charge in [-0.1, -0.05) is 59.6 Å². The first-order valence-electron chi connectivity index (χ1n) is 9.60. The number of thiazole rings is 1. The fraction of sp³-hybridized carbons (Fsp3) is 0.273. The van der Waals surface area contributed by atoms with Gasteiger partial charge in [0.15, 0.2) is 5.13 Å². The number of rotatable bonds is 9. The molecule has 1 unspecified atom stereocenters. The Morgan fingerprint density at radius 1 is 1.03 bits per heavy atom. The van der Waals surface area contributed by atoms with Crippen LogP contribution >= 0.6 is 11.3 Å². The molecule has 0 radical (unpaired) electrons. The Morgan fingerprint density at radius 2 is 1.63 bits per heavy atom. The molecule has 30 heavy (non-hydrogen) atoms. The Hall–Kier alpha value is -2.39. The number of hydrogen-bond acceptors (Lipinski definition) is 6. The molecule has 3 N–H and O–H groups in total. The van der Waals surface area contributed by atoms with Gasteiger partial charge in [-0.05, 0) is 35.1 Å². The van der Waals surface area contributed by atoms with E-state index >= 15 is 0 Å². The molecule has 0 saturated carbocycles. The standard InChI is InChI=1S/C22H25N3O3S2/c1-15(26)24-22-25-20(11-10-16-2-6-18(13-23)7-3-16)21(29-22)12-17-4-8-19(9-5-17)14-30(27)28/h2-9H,10-14,23H2,1H3,(H,27,28)(H,24,25,26)/p-1.